The third-order valence-corrected chi connectivity index (χ3v) is 5.30. The summed E-state index contributed by atoms with van der Waals surface area (Å²) in [5, 5.41) is 11.6. The van der Waals surface area contributed by atoms with E-state index >= 15 is 0 Å². The van der Waals surface area contributed by atoms with Crippen molar-refractivity contribution >= 4 is 40.2 Å². The molecular weight excluding hydrogens is 394 g/mol. The first-order valence-corrected chi connectivity index (χ1v) is 10.1. The highest BCUT2D eigenvalue weighted by Crippen LogP contribution is 2.24. The third-order valence-electron chi connectivity index (χ3n) is 4.50. The van der Waals surface area contributed by atoms with Crippen LogP contribution in [-0.4, -0.2) is 31.9 Å². The molecule has 0 radical (unpaired) electrons. The summed E-state index contributed by atoms with van der Waals surface area (Å²) in [6, 6.07) is 15.0. The van der Waals surface area contributed by atoms with Gasteiger partial charge in [-0.1, -0.05) is 35.5 Å². The van der Waals surface area contributed by atoms with Gasteiger partial charge in [0, 0.05) is 22.8 Å². The molecule has 4 rings (SSSR count). The monoisotopic (exact) mass is 409 g/mol. The maximum atomic E-state index is 11.5. The highest BCUT2D eigenvalue weighted by atomic mass is 35.5. The van der Waals surface area contributed by atoms with E-state index in [2.05, 4.69) is 16.0 Å². The Hall–Kier alpha value is -2.83. The van der Waals surface area contributed by atoms with Crippen molar-refractivity contribution in [1.82, 2.24) is 14.5 Å². The summed E-state index contributed by atoms with van der Waals surface area (Å²) in [7, 11) is 0. The van der Waals surface area contributed by atoms with Crippen LogP contribution in [0.1, 0.15) is 21.5 Å². The van der Waals surface area contributed by atoms with E-state index in [1.165, 1.54) is 17.8 Å². The second-order valence-electron chi connectivity index (χ2n) is 6.26. The van der Waals surface area contributed by atoms with Gasteiger partial charge in [0.25, 0.3) is 0 Å². The van der Waals surface area contributed by atoms with E-state index in [0.29, 0.717) is 11.4 Å². The summed E-state index contributed by atoms with van der Waals surface area (Å²) in [4.78, 5) is 20.3. The van der Waals surface area contributed by atoms with Crippen LogP contribution in [0, 0.1) is 0 Å². The molecule has 0 amide bonds. The predicted molar refractivity (Wildman–Crippen MR) is 112 cm³/mol. The zero-order valence-electron chi connectivity index (χ0n) is 15.0. The van der Waals surface area contributed by atoms with Crippen LogP contribution in [0.25, 0.3) is 16.7 Å². The van der Waals surface area contributed by atoms with Crippen LogP contribution in [0.2, 0.25) is 5.02 Å². The molecule has 0 fully saturated rings. The Balaban J connectivity index is 1.70. The topological polar surface area (TPSA) is 68.0 Å². The van der Waals surface area contributed by atoms with Gasteiger partial charge in [0.15, 0.2) is 5.16 Å². The molecule has 0 aliphatic rings. The third kappa shape index (κ3) is 3.61. The lowest BCUT2D eigenvalue weighted by Crippen LogP contribution is -2.03. The second-order valence-corrected chi connectivity index (χ2v) is 7.47. The molecule has 0 saturated heterocycles. The van der Waals surface area contributed by atoms with E-state index in [1.807, 2.05) is 41.3 Å². The Labute approximate surface area is 171 Å². The van der Waals surface area contributed by atoms with Crippen LogP contribution >= 0.6 is 23.4 Å². The summed E-state index contributed by atoms with van der Waals surface area (Å²) in [5.74, 6) is -0.161. The maximum absolute atomic E-state index is 11.5. The number of hydrogen-bond donors (Lipinski definition) is 1. The van der Waals surface area contributed by atoms with Crippen LogP contribution in [0.3, 0.4) is 0 Å². The van der Waals surface area contributed by atoms with Gasteiger partial charge < -0.3 is 9.67 Å². The van der Waals surface area contributed by atoms with E-state index in [1.54, 1.807) is 18.3 Å². The number of carboxylic acids is 1. The van der Waals surface area contributed by atoms with Gasteiger partial charge in [-0.3, -0.25) is 0 Å². The SMILES string of the molecule is CSc1nccc(-n2ccc3cc(Cc4ccc(Cl)cc4C(=O)O)ccc32)n1. The molecule has 0 spiro atoms. The highest BCUT2D eigenvalue weighted by molar-refractivity contribution is 7.98. The Kier molecular flexibility index (Phi) is 5.07. The molecule has 28 heavy (non-hydrogen) atoms. The lowest BCUT2D eigenvalue weighted by Gasteiger charge is -2.09. The lowest BCUT2D eigenvalue weighted by atomic mass is 9.99. The minimum atomic E-state index is -0.974. The first-order valence-electron chi connectivity index (χ1n) is 8.54. The zero-order chi connectivity index (χ0) is 19.7. The van der Waals surface area contributed by atoms with E-state index in [4.69, 9.17) is 11.6 Å². The van der Waals surface area contributed by atoms with Crippen molar-refractivity contribution in [2.45, 2.75) is 11.6 Å². The maximum Gasteiger partial charge on any atom is 0.336 e. The van der Waals surface area contributed by atoms with Crippen LogP contribution in [0.5, 0.6) is 0 Å². The van der Waals surface area contributed by atoms with Gasteiger partial charge in [0.2, 0.25) is 0 Å². The Morgan fingerprint density at radius 2 is 2.04 bits per heavy atom. The molecule has 0 aliphatic heterocycles. The minimum Gasteiger partial charge on any atom is -0.478 e. The molecule has 0 aliphatic carbocycles. The fraction of sp³-hybridized carbons (Fsp3) is 0.0952. The summed E-state index contributed by atoms with van der Waals surface area (Å²) < 4.78 is 2.02. The molecule has 0 bridgehead atoms. The number of nitrogens with zero attached hydrogens (tertiary/aromatic N) is 3. The average molecular weight is 410 g/mol. The first kappa shape index (κ1) is 18.5. The summed E-state index contributed by atoms with van der Waals surface area (Å²) in [5.41, 5.74) is 3.03. The number of carbonyl (C=O) groups is 1. The molecule has 1 N–H and O–H groups in total. The quantitative estimate of drug-likeness (QED) is 0.367. The van der Waals surface area contributed by atoms with Gasteiger partial charge in [-0.05, 0) is 60.2 Å². The van der Waals surface area contributed by atoms with Crippen molar-refractivity contribution in [3.63, 3.8) is 0 Å². The Bertz CT molecular complexity index is 1190. The first-order chi connectivity index (χ1) is 13.5. The number of aromatic nitrogens is 3. The van der Waals surface area contributed by atoms with E-state index < -0.39 is 5.97 Å². The van der Waals surface area contributed by atoms with Crippen molar-refractivity contribution in [2.24, 2.45) is 0 Å². The Morgan fingerprint density at radius 1 is 1.18 bits per heavy atom. The fourth-order valence-corrected chi connectivity index (χ4v) is 3.71. The largest absolute Gasteiger partial charge is 0.478 e. The Morgan fingerprint density at radius 3 is 2.82 bits per heavy atom. The molecule has 0 atom stereocenters. The van der Waals surface area contributed by atoms with Crippen LogP contribution in [0.4, 0.5) is 0 Å². The van der Waals surface area contributed by atoms with E-state index in [9.17, 15) is 9.90 Å². The van der Waals surface area contributed by atoms with Gasteiger partial charge in [0.05, 0.1) is 11.1 Å². The molecule has 2 heterocycles. The van der Waals surface area contributed by atoms with Gasteiger partial charge in [0.1, 0.15) is 5.82 Å². The average Bonchev–Trinajstić information content (AvgIpc) is 3.12. The molecular formula is C21H16ClN3O2S. The molecule has 2 aromatic carbocycles. The molecule has 0 saturated carbocycles. The summed E-state index contributed by atoms with van der Waals surface area (Å²) in [6.45, 7) is 0. The van der Waals surface area contributed by atoms with Gasteiger partial charge in [-0.2, -0.15) is 0 Å². The van der Waals surface area contributed by atoms with Crippen LogP contribution in [-0.2, 0) is 6.42 Å². The number of aromatic carboxylic acids is 1. The van der Waals surface area contributed by atoms with Crippen LogP contribution in [0.15, 0.2) is 66.1 Å². The fourth-order valence-electron chi connectivity index (χ4n) is 3.19. The van der Waals surface area contributed by atoms with Crippen molar-refractivity contribution in [1.29, 1.82) is 0 Å². The van der Waals surface area contributed by atoms with E-state index in [0.717, 1.165) is 33.0 Å². The van der Waals surface area contributed by atoms with Crippen molar-refractivity contribution < 1.29 is 9.90 Å². The number of carboxylic acid groups (broad SMARTS) is 1. The number of hydrogen-bond acceptors (Lipinski definition) is 4. The second kappa shape index (κ2) is 7.66. The van der Waals surface area contributed by atoms with Gasteiger partial charge in [-0.15, -0.1) is 0 Å². The summed E-state index contributed by atoms with van der Waals surface area (Å²) in [6.07, 6.45) is 6.19. The molecule has 4 aromatic rings. The van der Waals surface area contributed by atoms with E-state index in [-0.39, 0.29) is 5.56 Å². The molecule has 7 heteroatoms. The molecule has 2 aromatic heterocycles. The number of halogens is 1. The standard InChI is InChI=1S/C21H16ClN3O2S/c1-28-21-23-8-6-19(24-21)25-9-7-15-11-13(2-5-18(15)25)10-14-3-4-16(22)12-17(14)20(26)27/h2-9,11-12H,10H2,1H3,(H,26,27). The molecule has 140 valence electrons. The molecule has 0 unspecified atom stereocenters. The van der Waals surface area contributed by atoms with Crippen LogP contribution < -0.4 is 0 Å². The van der Waals surface area contributed by atoms with Crippen molar-refractivity contribution in [3.05, 3.63) is 82.6 Å². The summed E-state index contributed by atoms with van der Waals surface area (Å²) >= 11 is 7.45. The molecule has 5 nitrogen and oxygen atoms in total. The highest BCUT2D eigenvalue weighted by Gasteiger charge is 2.12. The number of rotatable bonds is 5. The van der Waals surface area contributed by atoms with Crippen molar-refractivity contribution in [2.75, 3.05) is 6.26 Å². The lowest BCUT2D eigenvalue weighted by molar-refractivity contribution is 0.0696. The van der Waals surface area contributed by atoms with Crippen molar-refractivity contribution in [3.8, 4) is 5.82 Å². The zero-order valence-corrected chi connectivity index (χ0v) is 16.5. The normalized spacial score (nSPS) is 11.1. The minimum absolute atomic E-state index is 0.232. The number of thioether (sulfide) groups is 1. The number of fused-ring (bicyclic) bond motifs is 1. The number of benzene rings is 2. The predicted octanol–water partition coefficient (Wildman–Crippen LogP) is 5.08. The van der Waals surface area contributed by atoms with Gasteiger partial charge >= 0.3 is 5.97 Å². The van der Waals surface area contributed by atoms with Gasteiger partial charge in [-0.25, -0.2) is 14.8 Å². The smallest absolute Gasteiger partial charge is 0.336 e.